The van der Waals surface area contributed by atoms with Crippen molar-refractivity contribution in [2.24, 2.45) is 5.92 Å². The molecule has 1 aromatic heterocycles. The zero-order valence-corrected chi connectivity index (χ0v) is 16.0. The van der Waals surface area contributed by atoms with Gasteiger partial charge in [-0.15, -0.1) is 0 Å². The van der Waals surface area contributed by atoms with Crippen molar-refractivity contribution in [1.29, 1.82) is 0 Å². The Bertz CT molecular complexity index is 895. The summed E-state index contributed by atoms with van der Waals surface area (Å²) >= 11 is 0. The Morgan fingerprint density at radius 1 is 1.33 bits per heavy atom. The number of hydrogen-bond acceptors (Lipinski definition) is 4. The molecule has 2 aliphatic heterocycles. The summed E-state index contributed by atoms with van der Waals surface area (Å²) in [6, 6.07) is 5.83. The van der Waals surface area contributed by atoms with Gasteiger partial charge in [0.2, 0.25) is 5.91 Å². The molecule has 6 heteroatoms. The van der Waals surface area contributed by atoms with Crippen LogP contribution in [0.2, 0.25) is 0 Å². The molecule has 2 aromatic rings. The number of carbonyl (C=O) groups is 1. The van der Waals surface area contributed by atoms with E-state index in [1.807, 2.05) is 17.0 Å². The predicted octanol–water partition coefficient (Wildman–Crippen LogP) is 2.04. The maximum Gasteiger partial charge on any atom is 0.226 e. The molecule has 0 unspecified atom stereocenters. The summed E-state index contributed by atoms with van der Waals surface area (Å²) < 4.78 is 5.39. The van der Waals surface area contributed by atoms with E-state index in [1.54, 1.807) is 7.11 Å². The number of fused-ring (bicyclic) bond motifs is 4. The zero-order valence-electron chi connectivity index (χ0n) is 16.0. The van der Waals surface area contributed by atoms with E-state index in [4.69, 9.17) is 4.74 Å². The van der Waals surface area contributed by atoms with Gasteiger partial charge < -0.3 is 24.6 Å². The van der Waals surface area contributed by atoms with Crippen molar-refractivity contribution in [2.75, 3.05) is 40.4 Å². The van der Waals surface area contributed by atoms with Crippen molar-refractivity contribution in [3.8, 4) is 5.75 Å². The van der Waals surface area contributed by atoms with Gasteiger partial charge in [0.1, 0.15) is 5.75 Å². The predicted molar refractivity (Wildman–Crippen MR) is 103 cm³/mol. The maximum atomic E-state index is 13.2. The van der Waals surface area contributed by atoms with Gasteiger partial charge in [-0.2, -0.15) is 0 Å². The highest BCUT2D eigenvalue weighted by atomic mass is 16.5. The number of rotatable bonds is 3. The SMILES string of the molecule is COc1ccc2c3c([nH]c2c1)[C@H](CO)N(C(=O)C1CCC1)CC31CN(C)C1. The first kappa shape index (κ1) is 17.1. The number of aliphatic hydroxyl groups excluding tert-OH is 1. The Hall–Kier alpha value is -2.05. The van der Waals surface area contributed by atoms with Gasteiger partial charge in [0.05, 0.1) is 19.8 Å². The number of benzene rings is 1. The number of likely N-dealkylation sites (N-methyl/N-ethyl adjacent to an activating group) is 1. The number of H-pyrrole nitrogens is 1. The number of aromatic amines is 1. The van der Waals surface area contributed by atoms with Crippen LogP contribution < -0.4 is 4.74 Å². The van der Waals surface area contributed by atoms with Crippen LogP contribution in [-0.2, 0) is 10.2 Å². The Kier molecular flexibility index (Phi) is 3.78. The molecule has 1 atom stereocenters. The molecule has 1 aliphatic carbocycles. The van der Waals surface area contributed by atoms with Crippen LogP contribution in [0.3, 0.4) is 0 Å². The molecule has 27 heavy (non-hydrogen) atoms. The topological polar surface area (TPSA) is 68.8 Å². The van der Waals surface area contributed by atoms with Gasteiger partial charge in [0.25, 0.3) is 0 Å². The van der Waals surface area contributed by atoms with E-state index in [9.17, 15) is 9.90 Å². The summed E-state index contributed by atoms with van der Waals surface area (Å²) in [5.74, 6) is 1.17. The average Bonchev–Trinajstić information content (AvgIpc) is 2.97. The lowest BCUT2D eigenvalue weighted by Crippen LogP contribution is -2.66. The quantitative estimate of drug-likeness (QED) is 0.869. The van der Waals surface area contributed by atoms with Crippen LogP contribution in [-0.4, -0.2) is 66.2 Å². The molecule has 2 N–H and O–H groups in total. The molecule has 3 heterocycles. The number of aromatic nitrogens is 1. The molecule has 1 saturated heterocycles. The van der Waals surface area contributed by atoms with Gasteiger partial charge in [-0.25, -0.2) is 0 Å². The van der Waals surface area contributed by atoms with Gasteiger partial charge in [-0.05, 0) is 37.6 Å². The summed E-state index contributed by atoms with van der Waals surface area (Å²) in [4.78, 5) is 21.0. The van der Waals surface area contributed by atoms with E-state index in [-0.39, 0.29) is 29.9 Å². The van der Waals surface area contributed by atoms with Crippen LogP contribution in [0.1, 0.15) is 36.6 Å². The van der Waals surface area contributed by atoms with Gasteiger partial charge in [0, 0.05) is 53.6 Å². The number of ether oxygens (including phenoxy) is 1. The highest BCUT2D eigenvalue weighted by Crippen LogP contribution is 2.49. The number of hydrogen-bond donors (Lipinski definition) is 2. The van der Waals surface area contributed by atoms with Gasteiger partial charge in [-0.1, -0.05) is 6.42 Å². The monoisotopic (exact) mass is 369 g/mol. The van der Waals surface area contributed by atoms with Crippen LogP contribution >= 0.6 is 0 Å². The van der Waals surface area contributed by atoms with Gasteiger partial charge >= 0.3 is 0 Å². The lowest BCUT2D eigenvalue weighted by molar-refractivity contribution is -0.145. The number of methoxy groups -OCH3 is 1. The van der Waals surface area contributed by atoms with E-state index in [0.29, 0.717) is 6.54 Å². The number of carbonyl (C=O) groups excluding carboxylic acids is 1. The Balaban J connectivity index is 1.65. The van der Waals surface area contributed by atoms with Gasteiger partial charge in [0.15, 0.2) is 0 Å². The van der Waals surface area contributed by atoms with E-state index >= 15 is 0 Å². The second-order valence-electron chi connectivity index (χ2n) is 8.57. The summed E-state index contributed by atoms with van der Waals surface area (Å²) in [6.07, 6.45) is 3.10. The van der Waals surface area contributed by atoms with Crippen LogP contribution in [0.25, 0.3) is 10.9 Å². The van der Waals surface area contributed by atoms with Crippen LogP contribution in [0.15, 0.2) is 18.2 Å². The Morgan fingerprint density at radius 2 is 2.11 bits per heavy atom. The summed E-state index contributed by atoms with van der Waals surface area (Å²) in [6.45, 7) is 2.52. The van der Waals surface area contributed by atoms with Crippen molar-refractivity contribution in [3.05, 3.63) is 29.5 Å². The standard InChI is InChI=1S/C21H27N3O3/c1-23-10-21(11-23)12-24(20(26)13-4-3-5-13)17(9-25)19-18(21)15-7-6-14(27-2)8-16(15)22-19/h6-8,13,17,22,25H,3-5,9-12H2,1-2H3/t17-/m0/s1. The van der Waals surface area contributed by atoms with Crippen LogP contribution in [0, 0.1) is 5.92 Å². The first-order valence-corrected chi connectivity index (χ1v) is 9.86. The van der Waals surface area contributed by atoms with Crippen molar-refractivity contribution < 1.29 is 14.6 Å². The largest absolute Gasteiger partial charge is 0.497 e. The molecule has 2 fully saturated rings. The highest BCUT2D eigenvalue weighted by Gasteiger charge is 2.53. The minimum Gasteiger partial charge on any atom is -0.497 e. The maximum absolute atomic E-state index is 13.2. The molecule has 1 amide bonds. The minimum absolute atomic E-state index is 0.0536. The smallest absolute Gasteiger partial charge is 0.226 e. The number of likely N-dealkylation sites (tertiary alicyclic amines) is 1. The molecule has 0 radical (unpaired) electrons. The van der Waals surface area contributed by atoms with E-state index in [0.717, 1.165) is 49.3 Å². The van der Waals surface area contributed by atoms with Crippen molar-refractivity contribution in [2.45, 2.75) is 30.7 Å². The summed E-state index contributed by atoms with van der Waals surface area (Å²) in [5.41, 5.74) is 3.26. The lowest BCUT2D eigenvalue weighted by Gasteiger charge is -2.56. The molecule has 1 aromatic carbocycles. The molecular formula is C21H27N3O3. The second kappa shape index (κ2) is 5.97. The normalized spacial score (nSPS) is 24.6. The molecule has 0 bridgehead atoms. The molecular weight excluding hydrogens is 342 g/mol. The third kappa shape index (κ3) is 2.36. The van der Waals surface area contributed by atoms with Crippen molar-refractivity contribution in [1.82, 2.24) is 14.8 Å². The molecule has 1 saturated carbocycles. The fraction of sp³-hybridized carbons (Fsp3) is 0.571. The molecule has 144 valence electrons. The van der Waals surface area contributed by atoms with Crippen LogP contribution in [0.5, 0.6) is 5.75 Å². The number of nitrogens with one attached hydrogen (secondary N) is 1. The number of aliphatic hydroxyl groups is 1. The molecule has 3 aliphatic rings. The lowest BCUT2D eigenvalue weighted by atomic mass is 9.68. The minimum atomic E-state index is -0.289. The van der Waals surface area contributed by atoms with E-state index in [2.05, 4.69) is 23.0 Å². The first-order valence-electron chi connectivity index (χ1n) is 9.86. The number of amides is 1. The van der Waals surface area contributed by atoms with Gasteiger partial charge in [-0.3, -0.25) is 4.79 Å². The second-order valence-corrected chi connectivity index (χ2v) is 8.57. The molecule has 6 nitrogen and oxygen atoms in total. The Labute approximate surface area is 159 Å². The summed E-state index contributed by atoms with van der Waals surface area (Å²) in [5, 5.41) is 11.4. The molecule has 1 spiro atoms. The fourth-order valence-corrected chi connectivity index (χ4v) is 5.37. The van der Waals surface area contributed by atoms with Crippen molar-refractivity contribution >= 4 is 16.8 Å². The Morgan fingerprint density at radius 3 is 2.70 bits per heavy atom. The van der Waals surface area contributed by atoms with E-state index in [1.165, 1.54) is 10.9 Å². The van der Waals surface area contributed by atoms with Crippen LogP contribution in [0.4, 0.5) is 0 Å². The third-order valence-corrected chi connectivity index (χ3v) is 6.80. The third-order valence-electron chi connectivity index (χ3n) is 6.80. The first-order chi connectivity index (χ1) is 13.1. The van der Waals surface area contributed by atoms with Crippen molar-refractivity contribution in [3.63, 3.8) is 0 Å². The average molecular weight is 369 g/mol. The molecule has 5 rings (SSSR count). The fourth-order valence-electron chi connectivity index (χ4n) is 5.37. The zero-order chi connectivity index (χ0) is 18.8. The summed E-state index contributed by atoms with van der Waals surface area (Å²) in [7, 11) is 3.79. The number of nitrogens with zero attached hydrogens (tertiary/aromatic N) is 2. The highest BCUT2D eigenvalue weighted by molar-refractivity contribution is 5.89. The van der Waals surface area contributed by atoms with E-state index < -0.39 is 0 Å².